The highest BCUT2D eigenvalue weighted by atomic mass is 35.5. The number of carbonyl (C=O) groups is 2. The minimum Gasteiger partial charge on any atom is -0.325 e. The van der Waals surface area contributed by atoms with E-state index in [4.69, 9.17) is 11.6 Å². The molecule has 0 fully saturated rings. The summed E-state index contributed by atoms with van der Waals surface area (Å²) in [5.74, 6) is -4.24. The molecular formula is C17H14ClF3N2O2. The van der Waals surface area contributed by atoms with E-state index in [-0.39, 0.29) is 16.4 Å². The SMILES string of the molecule is CC(C)(C(=O)Nc1ccc(F)c(F)c1)C(=O)Nc1ccc(F)c(Cl)c1. The molecule has 0 saturated heterocycles. The molecule has 0 aromatic heterocycles. The van der Waals surface area contributed by atoms with Crippen LogP contribution in [-0.4, -0.2) is 11.8 Å². The van der Waals surface area contributed by atoms with Gasteiger partial charge >= 0.3 is 0 Å². The highest BCUT2D eigenvalue weighted by molar-refractivity contribution is 6.31. The summed E-state index contributed by atoms with van der Waals surface area (Å²) in [7, 11) is 0. The maximum atomic E-state index is 13.2. The smallest absolute Gasteiger partial charge is 0.239 e. The summed E-state index contributed by atoms with van der Waals surface area (Å²) in [5.41, 5.74) is -1.33. The van der Waals surface area contributed by atoms with Gasteiger partial charge in [-0.1, -0.05) is 11.6 Å². The average Bonchev–Trinajstić information content (AvgIpc) is 2.54. The molecule has 0 spiro atoms. The van der Waals surface area contributed by atoms with Crippen molar-refractivity contribution in [2.24, 2.45) is 5.41 Å². The van der Waals surface area contributed by atoms with E-state index in [2.05, 4.69) is 10.6 Å². The topological polar surface area (TPSA) is 58.2 Å². The van der Waals surface area contributed by atoms with Crippen LogP contribution in [0, 0.1) is 22.9 Å². The molecule has 0 saturated carbocycles. The molecule has 2 aromatic carbocycles. The van der Waals surface area contributed by atoms with E-state index in [1.807, 2.05) is 0 Å². The lowest BCUT2D eigenvalue weighted by molar-refractivity contribution is -0.135. The zero-order valence-corrected chi connectivity index (χ0v) is 14.0. The molecule has 2 N–H and O–H groups in total. The molecule has 2 amide bonds. The van der Waals surface area contributed by atoms with Crippen LogP contribution >= 0.6 is 11.6 Å². The fraction of sp³-hybridized carbons (Fsp3) is 0.176. The van der Waals surface area contributed by atoms with Gasteiger partial charge in [-0.3, -0.25) is 9.59 Å². The normalized spacial score (nSPS) is 11.1. The molecule has 4 nitrogen and oxygen atoms in total. The number of hydrogen-bond acceptors (Lipinski definition) is 2. The third kappa shape index (κ3) is 4.30. The molecule has 0 bridgehead atoms. The lowest BCUT2D eigenvalue weighted by atomic mass is 9.90. The molecule has 2 rings (SSSR count). The zero-order chi connectivity index (χ0) is 18.8. The maximum absolute atomic E-state index is 13.2. The number of benzene rings is 2. The summed E-state index contributed by atoms with van der Waals surface area (Å²) in [6.07, 6.45) is 0. The van der Waals surface area contributed by atoms with Gasteiger partial charge < -0.3 is 10.6 Å². The standard InChI is InChI=1S/C17H14ClF3N2O2/c1-17(2,15(24)22-9-3-5-12(19)11(18)7-9)16(25)23-10-4-6-13(20)14(21)8-10/h3-8H,1-2H3,(H,22,24)(H,23,25). The summed E-state index contributed by atoms with van der Waals surface area (Å²) in [5, 5.41) is 4.62. The van der Waals surface area contributed by atoms with Crippen molar-refractivity contribution in [1.29, 1.82) is 0 Å². The van der Waals surface area contributed by atoms with E-state index in [1.165, 1.54) is 32.0 Å². The second kappa shape index (κ2) is 7.14. The summed E-state index contributed by atoms with van der Waals surface area (Å²) in [4.78, 5) is 24.6. The van der Waals surface area contributed by atoms with Crippen molar-refractivity contribution in [1.82, 2.24) is 0 Å². The van der Waals surface area contributed by atoms with Crippen LogP contribution in [0.5, 0.6) is 0 Å². The van der Waals surface area contributed by atoms with Crippen LogP contribution < -0.4 is 10.6 Å². The highest BCUT2D eigenvalue weighted by Crippen LogP contribution is 2.24. The Labute approximate surface area is 147 Å². The number of anilines is 2. The minimum absolute atomic E-state index is 0.00889. The van der Waals surface area contributed by atoms with Crippen LogP contribution in [0.3, 0.4) is 0 Å². The Morgan fingerprint density at radius 2 is 1.32 bits per heavy atom. The van der Waals surface area contributed by atoms with Gasteiger partial charge in [0.1, 0.15) is 11.2 Å². The van der Waals surface area contributed by atoms with Crippen LogP contribution in [-0.2, 0) is 9.59 Å². The Bertz CT molecular complexity index is 773. The zero-order valence-electron chi connectivity index (χ0n) is 13.3. The van der Waals surface area contributed by atoms with Crippen LogP contribution in [0.15, 0.2) is 36.4 Å². The fourth-order valence-electron chi connectivity index (χ4n) is 1.83. The number of nitrogens with one attached hydrogen (secondary N) is 2. The quantitative estimate of drug-likeness (QED) is 0.785. The first-order valence-electron chi connectivity index (χ1n) is 7.14. The Balaban J connectivity index is 2.12. The van der Waals surface area contributed by atoms with Crippen molar-refractivity contribution in [2.75, 3.05) is 10.6 Å². The Hall–Kier alpha value is -2.54. The van der Waals surface area contributed by atoms with Crippen LogP contribution in [0.4, 0.5) is 24.5 Å². The highest BCUT2D eigenvalue weighted by Gasteiger charge is 2.36. The van der Waals surface area contributed by atoms with Gasteiger partial charge in [-0.2, -0.15) is 0 Å². The average molecular weight is 371 g/mol. The van der Waals surface area contributed by atoms with E-state index in [0.717, 1.165) is 18.2 Å². The number of carbonyl (C=O) groups excluding carboxylic acids is 2. The number of hydrogen-bond donors (Lipinski definition) is 2. The first-order valence-corrected chi connectivity index (χ1v) is 7.52. The molecule has 0 aliphatic rings. The minimum atomic E-state index is -1.55. The monoisotopic (exact) mass is 370 g/mol. The molecule has 25 heavy (non-hydrogen) atoms. The van der Waals surface area contributed by atoms with Gasteiger partial charge in [0.15, 0.2) is 11.6 Å². The summed E-state index contributed by atoms with van der Waals surface area (Å²) in [6.45, 7) is 2.70. The van der Waals surface area contributed by atoms with Gasteiger partial charge in [0, 0.05) is 17.4 Å². The molecule has 0 radical (unpaired) electrons. The van der Waals surface area contributed by atoms with Gasteiger partial charge in [-0.15, -0.1) is 0 Å². The summed E-state index contributed by atoms with van der Waals surface area (Å²) in [6, 6.07) is 6.41. The summed E-state index contributed by atoms with van der Waals surface area (Å²) >= 11 is 5.64. The Morgan fingerprint density at radius 3 is 1.80 bits per heavy atom. The predicted octanol–water partition coefficient (Wildman–Crippen LogP) is 4.36. The predicted molar refractivity (Wildman–Crippen MR) is 88.8 cm³/mol. The fourth-order valence-corrected chi connectivity index (χ4v) is 2.01. The van der Waals surface area contributed by atoms with Gasteiger partial charge in [-0.05, 0) is 44.2 Å². The molecule has 0 aliphatic carbocycles. The molecule has 0 aliphatic heterocycles. The largest absolute Gasteiger partial charge is 0.325 e. The van der Waals surface area contributed by atoms with Crippen LogP contribution in [0.25, 0.3) is 0 Å². The molecule has 0 heterocycles. The molecule has 2 aromatic rings. The van der Waals surface area contributed by atoms with E-state index < -0.39 is 34.7 Å². The maximum Gasteiger partial charge on any atom is 0.239 e. The number of halogens is 4. The van der Waals surface area contributed by atoms with Crippen molar-refractivity contribution < 1.29 is 22.8 Å². The third-order valence-corrected chi connectivity index (χ3v) is 3.78. The van der Waals surface area contributed by atoms with Crippen LogP contribution in [0.1, 0.15) is 13.8 Å². The first-order chi connectivity index (χ1) is 11.6. The lowest BCUT2D eigenvalue weighted by Crippen LogP contribution is -2.41. The number of amides is 2. The molecule has 8 heteroatoms. The molecule has 0 unspecified atom stereocenters. The Morgan fingerprint density at radius 1 is 0.840 bits per heavy atom. The Kier molecular flexibility index (Phi) is 5.37. The van der Waals surface area contributed by atoms with Crippen molar-refractivity contribution in [3.63, 3.8) is 0 Å². The van der Waals surface area contributed by atoms with Crippen LogP contribution in [0.2, 0.25) is 5.02 Å². The second-order valence-corrected chi connectivity index (χ2v) is 6.20. The van der Waals surface area contributed by atoms with E-state index in [9.17, 15) is 22.8 Å². The van der Waals surface area contributed by atoms with Gasteiger partial charge in [-0.25, -0.2) is 13.2 Å². The summed E-state index contributed by atoms with van der Waals surface area (Å²) < 4.78 is 39.2. The molecule has 132 valence electrons. The van der Waals surface area contributed by atoms with Crippen molar-refractivity contribution in [3.8, 4) is 0 Å². The second-order valence-electron chi connectivity index (χ2n) is 5.79. The van der Waals surface area contributed by atoms with Crippen molar-refractivity contribution >= 4 is 34.8 Å². The van der Waals surface area contributed by atoms with Gasteiger partial charge in [0.2, 0.25) is 11.8 Å². The van der Waals surface area contributed by atoms with E-state index >= 15 is 0 Å². The van der Waals surface area contributed by atoms with E-state index in [1.54, 1.807) is 0 Å². The third-order valence-electron chi connectivity index (χ3n) is 3.49. The lowest BCUT2D eigenvalue weighted by Gasteiger charge is -2.23. The van der Waals surface area contributed by atoms with E-state index in [0.29, 0.717) is 0 Å². The van der Waals surface area contributed by atoms with Crippen molar-refractivity contribution in [2.45, 2.75) is 13.8 Å². The van der Waals surface area contributed by atoms with Gasteiger partial charge in [0.05, 0.1) is 5.02 Å². The van der Waals surface area contributed by atoms with Crippen molar-refractivity contribution in [3.05, 3.63) is 58.9 Å². The van der Waals surface area contributed by atoms with Gasteiger partial charge in [0.25, 0.3) is 0 Å². The molecular weight excluding hydrogens is 357 g/mol. The first kappa shape index (κ1) is 18.8. The number of rotatable bonds is 4. The molecule has 0 atom stereocenters.